The van der Waals surface area contributed by atoms with E-state index in [0.29, 0.717) is 11.1 Å². The van der Waals surface area contributed by atoms with Gasteiger partial charge in [-0.2, -0.15) is 0 Å². The van der Waals surface area contributed by atoms with Crippen LogP contribution in [0.25, 0.3) is 0 Å². The molecule has 76 valence electrons. The van der Waals surface area contributed by atoms with Crippen LogP contribution in [0.4, 0.5) is 0 Å². The number of carbonyl (C=O) groups is 1. The smallest absolute Gasteiger partial charge is 0.196 e. The van der Waals surface area contributed by atoms with Crippen LogP contribution in [0, 0.1) is 13.8 Å². The minimum atomic E-state index is 0.0185. The maximum Gasteiger partial charge on any atom is 0.196 e. The third-order valence-electron chi connectivity index (χ3n) is 2.38. The van der Waals surface area contributed by atoms with Crippen molar-refractivity contribution in [2.75, 3.05) is 0 Å². The van der Waals surface area contributed by atoms with Crippen molar-refractivity contribution in [3.8, 4) is 0 Å². The van der Waals surface area contributed by atoms with Gasteiger partial charge in [0, 0.05) is 5.56 Å². The maximum atomic E-state index is 12.0. The van der Waals surface area contributed by atoms with E-state index < -0.39 is 0 Å². The van der Waals surface area contributed by atoms with Gasteiger partial charge >= 0.3 is 0 Å². The molecule has 0 saturated heterocycles. The molecular weight excluding hydrogens is 188 g/mol. The lowest BCUT2D eigenvalue weighted by Gasteiger charge is -2.00. The summed E-state index contributed by atoms with van der Waals surface area (Å²) in [5.74, 6) is 0.0185. The summed E-state index contributed by atoms with van der Waals surface area (Å²) in [6, 6.07) is 7.56. The highest BCUT2D eigenvalue weighted by Crippen LogP contribution is 2.15. The van der Waals surface area contributed by atoms with E-state index in [0.717, 1.165) is 11.1 Å². The van der Waals surface area contributed by atoms with Gasteiger partial charge in [0.25, 0.3) is 0 Å². The molecule has 0 N–H and O–H groups in total. The van der Waals surface area contributed by atoms with Crippen molar-refractivity contribution in [2.45, 2.75) is 13.8 Å². The van der Waals surface area contributed by atoms with Gasteiger partial charge in [-0.05, 0) is 25.5 Å². The Morgan fingerprint density at radius 2 is 2.00 bits per heavy atom. The molecule has 0 aliphatic rings. The Kier molecular flexibility index (Phi) is 2.42. The summed E-state index contributed by atoms with van der Waals surface area (Å²) >= 11 is 0. The van der Waals surface area contributed by atoms with E-state index in [2.05, 4.69) is 0 Å². The Balaban J connectivity index is 2.41. The molecule has 0 spiro atoms. The van der Waals surface area contributed by atoms with Crippen LogP contribution in [0.2, 0.25) is 0 Å². The third kappa shape index (κ3) is 1.84. The van der Waals surface area contributed by atoms with Gasteiger partial charge in [0.2, 0.25) is 0 Å². The fourth-order valence-corrected chi connectivity index (χ4v) is 1.53. The summed E-state index contributed by atoms with van der Waals surface area (Å²) in [6.07, 6.45) is 3.09. The summed E-state index contributed by atoms with van der Waals surface area (Å²) in [4.78, 5) is 12.0. The van der Waals surface area contributed by atoms with Gasteiger partial charge in [0.05, 0.1) is 11.8 Å². The van der Waals surface area contributed by atoms with E-state index in [1.807, 2.05) is 38.1 Å². The largest absolute Gasteiger partial charge is 0.472 e. The molecule has 0 bridgehead atoms. The lowest BCUT2D eigenvalue weighted by atomic mass is 10.0. The number of rotatable bonds is 2. The average Bonchev–Trinajstić information content (AvgIpc) is 2.63. The molecule has 2 heteroatoms. The molecule has 0 aliphatic carbocycles. The molecular formula is C13H12O2. The second-order valence-corrected chi connectivity index (χ2v) is 3.67. The minimum Gasteiger partial charge on any atom is -0.472 e. The molecule has 0 saturated carbocycles. The lowest BCUT2D eigenvalue weighted by Crippen LogP contribution is -2.01. The molecule has 0 aliphatic heterocycles. The molecule has 2 nitrogen and oxygen atoms in total. The maximum absolute atomic E-state index is 12.0. The fourth-order valence-electron chi connectivity index (χ4n) is 1.53. The van der Waals surface area contributed by atoms with E-state index in [1.54, 1.807) is 6.26 Å². The van der Waals surface area contributed by atoms with E-state index in [4.69, 9.17) is 4.42 Å². The number of ketones is 1. The summed E-state index contributed by atoms with van der Waals surface area (Å²) in [5.41, 5.74) is 3.31. The van der Waals surface area contributed by atoms with Gasteiger partial charge in [-0.25, -0.2) is 0 Å². The Morgan fingerprint density at radius 1 is 1.20 bits per heavy atom. The van der Waals surface area contributed by atoms with Crippen LogP contribution in [0.3, 0.4) is 0 Å². The summed E-state index contributed by atoms with van der Waals surface area (Å²) < 4.78 is 5.00. The zero-order valence-electron chi connectivity index (χ0n) is 8.78. The molecule has 1 aromatic heterocycles. The summed E-state index contributed by atoms with van der Waals surface area (Å²) in [6.45, 7) is 3.84. The van der Waals surface area contributed by atoms with Gasteiger partial charge in [-0.15, -0.1) is 0 Å². The molecule has 1 heterocycles. The number of benzene rings is 1. The van der Waals surface area contributed by atoms with Crippen molar-refractivity contribution in [2.24, 2.45) is 0 Å². The minimum absolute atomic E-state index is 0.0185. The molecule has 0 fully saturated rings. The molecule has 2 rings (SSSR count). The van der Waals surface area contributed by atoms with Crippen LogP contribution in [-0.2, 0) is 0 Å². The lowest BCUT2D eigenvalue weighted by molar-refractivity contribution is 0.103. The van der Waals surface area contributed by atoms with Crippen LogP contribution in [-0.4, -0.2) is 5.78 Å². The first-order chi connectivity index (χ1) is 7.18. The van der Waals surface area contributed by atoms with Crippen molar-refractivity contribution in [1.82, 2.24) is 0 Å². The van der Waals surface area contributed by atoms with Crippen LogP contribution in [0.15, 0.2) is 41.2 Å². The van der Waals surface area contributed by atoms with E-state index in [9.17, 15) is 4.79 Å². The van der Waals surface area contributed by atoms with Gasteiger partial charge in [-0.1, -0.05) is 23.8 Å². The third-order valence-corrected chi connectivity index (χ3v) is 2.38. The Labute approximate surface area is 88.5 Å². The number of hydrogen-bond acceptors (Lipinski definition) is 2. The van der Waals surface area contributed by atoms with Gasteiger partial charge in [0.1, 0.15) is 6.26 Å². The monoisotopic (exact) mass is 200 g/mol. The predicted octanol–water partition coefficient (Wildman–Crippen LogP) is 3.13. The first-order valence-corrected chi connectivity index (χ1v) is 4.82. The van der Waals surface area contributed by atoms with Crippen LogP contribution in [0.5, 0.6) is 0 Å². The van der Waals surface area contributed by atoms with E-state index in [1.165, 1.54) is 6.26 Å². The molecule has 0 atom stereocenters. The molecule has 2 aromatic rings. The molecule has 0 unspecified atom stereocenters. The van der Waals surface area contributed by atoms with Gasteiger partial charge in [-0.3, -0.25) is 4.79 Å². The highest BCUT2D eigenvalue weighted by Gasteiger charge is 2.13. The normalized spacial score (nSPS) is 10.3. The van der Waals surface area contributed by atoms with Crippen molar-refractivity contribution in [3.05, 3.63) is 59.0 Å². The molecule has 1 aromatic carbocycles. The van der Waals surface area contributed by atoms with E-state index in [-0.39, 0.29) is 5.78 Å². The van der Waals surface area contributed by atoms with Crippen LogP contribution >= 0.6 is 0 Å². The van der Waals surface area contributed by atoms with Crippen molar-refractivity contribution in [1.29, 1.82) is 0 Å². The second kappa shape index (κ2) is 3.73. The number of carbonyl (C=O) groups excluding carboxylic acids is 1. The van der Waals surface area contributed by atoms with Crippen LogP contribution in [0.1, 0.15) is 27.0 Å². The van der Waals surface area contributed by atoms with Crippen molar-refractivity contribution in [3.63, 3.8) is 0 Å². The zero-order valence-corrected chi connectivity index (χ0v) is 8.78. The van der Waals surface area contributed by atoms with E-state index >= 15 is 0 Å². The number of aryl methyl sites for hydroxylation is 2. The topological polar surface area (TPSA) is 30.2 Å². The average molecular weight is 200 g/mol. The highest BCUT2D eigenvalue weighted by molar-refractivity contribution is 6.09. The zero-order chi connectivity index (χ0) is 10.8. The SMILES string of the molecule is Cc1cccc(C(=O)c2cocc2C)c1. The summed E-state index contributed by atoms with van der Waals surface area (Å²) in [5, 5.41) is 0. The molecule has 0 amide bonds. The summed E-state index contributed by atoms with van der Waals surface area (Å²) in [7, 11) is 0. The first kappa shape index (κ1) is 9.71. The standard InChI is InChI=1S/C13H12O2/c1-9-4-3-5-11(6-9)13(14)12-8-15-7-10(12)2/h3-8H,1-2H3. The quantitative estimate of drug-likeness (QED) is 0.697. The van der Waals surface area contributed by atoms with Crippen molar-refractivity contribution < 1.29 is 9.21 Å². The second-order valence-electron chi connectivity index (χ2n) is 3.67. The Bertz CT molecular complexity index is 495. The molecule has 0 radical (unpaired) electrons. The van der Waals surface area contributed by atoms with Crippen molar-refractivity contribution >= 4 is 5.78 Å². The van der Waals surface area contributed by atoms with Gasteiger partial charge in [0.15, 0.2) is 5.78 Å². The number of furan rings is 1. The van der Waals surface area contributed by atoms with Crippen LogP contribution < -0.4 is 0 Å². The highest BCUT2D eigenvalue weighted by atomic mass is 16.3. The van der Waals surface area contributed by atoms with Gasteiger partial charge < -0.3 is 4.42 Å². The Morgan fingerprint density at radius 3 is 2.60 bits per heavy atom. The number of hydrogen-bond donors (Lipinski definition) is 0. The Hall–Kier alpha value is -1.83. The molecule has 15 heavy (non-hydrogen) atoms. The predicted molar refractivity (Wildman–Crippen MR) is 58.1 cm³/mol. The first-order valence-electron chi connectivity index (χ1n) is 4.82. The fraction of sp³-hybridized carbons (Fsp3) is 0.154.